The van der Waals surface area contributed by atoms with Gasteiger partial charge in [0.15, 0.2) is 0 Å². The summed E-state index contributed by atoms with van der Waals surface area (Å²) in [4.78, 5) is 31.9. The van der Waals surface area contributed by atoms with Crippen LogP contribution in [0.1, 0.15) is 32.9 Å². The average Bonchev–Trinajstić information content (AvgIpc) is 2.79. The minimum Gasteiger partial charge on any atom is -0.450 e. The van der Waals surface area contributed by atoms with Crippen molar-refractivity contribution < 1.29 is 14.3 Å². The van der Waals surface area contributed by atoms with Gasteiger partial charge >= 0.3 is 6.09 Å². The van der Waals surface area contributed by atoms with Crippen LogP contribution in [-0.4, -0.2) is 40.1 Å². The molecule has 0 aliphatic carbocycles. The molecule has 2 heterocycles. The summed E-state index contributed by atoms with van der Waals surface area (Å²) in [6.07, 6.45) is 0.0512. The zero-order valence-electron chi connectivity index (χ0n) is 13.1. The van der Waals surface area contributed by atoms with E-state index < -0.39 is 6.09 Å². The van der Waals surface area contributed by atoms with Gasteiger partial charge in [0.25, 0.3) is 11.9 Å². The molecule has 0 aromatic carbocycles. The van der Waals surface area contributed by atoms with Crippen LogP contribution in [0.3, 0.4) is 0 Å². The van der Waals surface area contributed by atoms with Gasteiger partial charge in [0.1, 0.15) is 5.82 Å². The lowest BCUT2D eigenvalue weighted by atomic mass is 10.00. The quantitative estimate of drug-likeness (QED) is 0.923. The summed E-state index contributed by atoms with van der Waals surface area (Å²) in [5.41, 5.74) is 1.35. The molecule has 1 N–H and O–H groups in total. The van der Waals surface area contributed by atoms with Gasteiger partial charge in [-0.3, -0.25) is 10.1 Å². The Morgan fingerprint density at radius 3 is 2.68 bits per heavy atom. The number of rotatable bonds is 3. The molecule has 1 aromatic heterocycles. The molecule has 0 fully saturated rings. The van der Waals surface area contributed by atoms with Crippen LogP contribution in [0.2, 0.25) is 0 Å². The molecule has 0 radical (unpaired) electrons. The van der Waals surface area contributed by atoms with Gasteiger partial charge in [0.05, 0.1) is 18.2 Å². The van der Waals surface area contributed by atoms with E-state index in [4.69, 9.17) is 4.74 Å². The first-order valence-electron chi connectivity index (χ1n) is 7.14. The smallest absolute Gasteiger partial charge is 0.412 e. The van der Waals surface area contributed by atoms with Crippen molar-refractivity contribution in [3.05, 3.63) is 11.8 Å². The number of hydrogen-bond acceptors (Lipinski definition) is 5. The highest BCUT2D eigenvalue weighted by Gasteiger charge is 2.26. The number of hydrogen-bond donors (Lipinski definition) is 1. The number of nitrogens with one attached hydrogen (secondary N) is 1. The fraction of sp³-hybridized carbons (Fsp3) is 0.500. The highest BCUT2D eigenvalue weighted by atomic mass is 16.5. The lowest BCUT2D eigenvalue weighted by molar-refractivity contribution is -0.119. The van der Waals surface area contributed by atoms with Gasteiger partial charge in [-0.25, -0.2) is 9.79 Å². The third-order valence-corrected chi connectivity index (χ3v) is 3.22. The number of aromatic nitrogens is 2. The van der Waals surface area contributed by atoms with Gasteiger partial charge in [0.2, 0.25) is 0 Å². The fourth-order valence-electron chi connectivity index (χ4n) is 2.19. The molecule has 1 unspecified atom stereocenters. The fourth-order valence-corrected chi connectivity index (χ4v) is 2.19. The normalized spacial score (nSPS) is 17.8. The van der Waals surface area contributed by atoms with Crippen LogP contribution in [0.4, 0.5) is 10.6 Å². The Hall–Kier alpha value is -2.51. The van der Waals surface area contributed by atoms with Crippen molar-refractivity contribution in [1.82, 2.24) is 9.78 Å². The Morgan fingerprint density at radius 2 is 2.09 bits per heavy atom. The van der Waals surface area contributed by atoms with Crippen LogP contribution in [0, 0.1) is 12.8 Å². The Bertz CT molecular complexity index is 659. The standard InChI is InChI=1S/C14H19N5O3/c1-5-10-9(4)15-13(17-12(10)20)19-11(7-8(3)18-19)16-14(21)22-6-2/h7,10H,5-6H2,1-4H3,(H,16,21). The third-order valence-electron chi connectivity index (χ3n) is 3.22. The van der Waals surface area contributed by atoms with Crippen molar-refractivity contribution in [2.75, 3.05) is 11.9 Å². The predicted molar refractivity (Wildman–Crippen MR) is 82.3 cm³/mol. The lowest BCUT2D eigenvalue weighted by Crippen LogP contribution is -2.30. The molecule has 118 valence electrons. The number of aryl methyl sites for hydroxylation is 1. The Balaban J connectivity index is 2.34. The number of carbonyl (C=O) groups excluding carboxylic acids is 2. The van der Waals surface area contributed by atoms with Gasteiger partial charge in [-0.05, 0) is 27.2 Å². The van der Waals surface area contributed by atoms with Gasteiger partial charge in [-0.15, -0.1) is 0 Å². The molecule has 1 aromatic rings. The SMILES string of the molecule is CCOC(=O)Nc1cc(C)nn1C1=NC(=O)C(CC)C(C)=N1. The van der Waals surface area contributed by atoms with Crippen LogP contribution in [0.15, 0.2) is 16.1 Å². The molecular formula is C14H19N5O3. The lowest BCUT2D eigenvalue weighted by Gasteiger charge is -2.17. The van der Waals surface area contributed by atoms with Crippen LogP contribution in [0.5, 0.6) is 0 Å². The molecule has 0 bridgehead atoms. The van der Waals surface area contributed by atoms with E-state index >= 15 is 0 Å². The number of aliphatic imine (C=N–C) groups is 2. The molecule has 8 nitrogen and oxygen atoms in total. The van der Waals surface area contributed by atoms with Crippen molar-refractivity contribution in [2.24, 2.45) is 15.9 Å². The summed E-state index contributed by atoms with van der Waals surface area (Å²) in [5.74, 6) is -0.0387. The van der Waals surface area contributed by atoms with Crippen molar-refractivity contribution in [1.29, 1.82) is 0 Å². The molecule has 22 heavy (non-hydrogen) atoms. The molecule has 0 saturated carbocycles. The minimum absolute atomic E-state index is 0.145. The summed E-state index contributed by atoms with van der Waals surface area (Å²) < 4.78 is 6.17. The van der Waals surface area contributed by atoms with E-state index in [1.807, 2.05) is 6.92 Å². The zero-order chi connectivity index (χ0) is 16.3. The van der Waals surface area contributed by atoms with E-state index in [2.05, 4.69) is 20.4 Å². The summed E-state index contributed by atoms with van der Waals surface area (Å²) in [6, 6.07) is 1.65. The van der Waals surface area contributed by atoms with E-state index in [1.54, 1.807) is 26.8 Å². The van der Waals surface area contributed by atoms with Gasteiger partial charge < -0.3 is 4.74 Å². The highest BCUT2D eigenvalue weighted by molar-refractivity contribution is 6.15. The molecule has 2 rings (SSSR count). The highest BCUT2D eigenvalue weighted by Crippen LogP contribution is 2.17. The Kier molecular flexibility index (Phi) is 4.69. The molecule has 2 amide bonds. The molecule has 0 saturated heterocycles. The molecule has 8 heteroatoms. The maximum Gasteiger partial charge on any atom is 0.412 e. The number of nitrogens with zero attached hydrogens (tertiary/aromatic N) is 4. The first kappa shape index (κ1) is 15.9. The Morgan fingerprint density at radius 1 is 1.36 bits per heavy atom. The summed E-state index contributed by atoms with van der Waals surface area (Å²) in [6.45, 7) is 7.44. The number of amides is 2. The van der Waals surface area contributed by atoms with Crippen LogP contribution >= 0.6 is 0 Å². The van der Waals surface area contributed by atoms with Crippen LogP contribution in [0.25, 0.3) is 0 Å². The van der Waals surface area contributed by atoms with E-state index in [0.717, 1.165) is 0 Å². The minimum atomic E-state index is -0.599. The van der Waals surface area contributed by atoms with E-state index in [0.29, 0.717) is 23.6 Å². The second-order valence-corrected chi connectivity index (χ2v) is 4.89. The first-order valence-corrected chi connectivity index (χ1v) is 7.14. The topological polar surface area (TPSA) is 97.9 Å². The van der Waals surface area contributed by atoms with Crippen molar-refractivity contribution >= 4 is 29.5 Å². The summed E-state index contributed by atoms with van der Waals surface area (Å²) in [7, 11) is 0. The molecule has 1 aliphatic heterocycles. The Labute approximate surface area is 128 Å². The maximum absolute atomic E-state index is 12.0. The second-order valence-electron chi connectivity index (χ2n) is 4.89. The van der Waals surface area contributed by atoms with E-state index in [-0.39, 0.29) is 24.4 Å². The third kappa shape index (κ3) is 3.21. The second kappa shape index (κ2) is 6.50. The van der Waals surface area contributed by atoms with Crippen LogP contribution < -0.4 is 5.32 Å². The van der Waals surface area contributed by atoms with Gasteiger partial charge in [0, 0.05) is 11.8 Å². The molecule has 1 atom stereocenters. The first-order chi connectivity index (χ1) is 10.5. The molecule has 1 aliphatic rings. The zero-order valence-corrected chi connectivity index (χ0v) is 13.1. The largest absolute Gasteiger partial charge is 0.450 e. The van der Waals surface area contributed by atoms with Crippen molar-refractivity contribution in [2.45, 2.75) is 34.1 Å². The monoisotopic (exact) mass is 305 g/mol. The maximum atomic E-state index is 12.0. The number of carbonyl (C=O) groups is 2. The van der Waals surface area contributed by atoms with E-state index in [9.17, 15) is 9.59 Å². The van der Waals surface area contributed by atoms with Gasteiger partial charge in [-0.2, -0.15) is 14.8 Å². The predicted octanol–water partition coefficient (Wildman–Crippen LogP) is 1.99. The summed E-state index contributed by atoms with van der Waals surface area (Å²) >= 11 is 0. The molecule has 0 spiro atoms. The average molecular weight is 305 g/mol. The van der Waals surface area contributed by atoms with Crippen molar-refractivity contribution in [3.8, 4) is 0 Å². The molecular weight excluding hydrogens is 286 g/mol. The van der Waals surface area contributed by atoms with Gasteiger partial charge in [-0.1, -0.05) is 6.92 Å². The number of ether oxygens (including phenoxy) is 1. The summed E-state index contributed by atoms with van der Waals surface area (Å²) in [5, 5.41) is 6.79. The number of anilines is 1. The van der Waals surface area contributed by atoms with Crippen LogP contribution in [-0.2, 0) is 9.53 Å². The van der Waals surface area contributed by atoms with Crippen molar-refractivity contribution in [3.63, 3.8) is 0 Å². The van der Waals surface area contributed by atoms with E-state index in [1.165, 1.54) is 4.68 Å².